The van der Waals surface area contributed by atoms with Gasteiger partial charge in [-0.15, -0.1) is 0 Å². The molecule has 0 aliphatic heterocycles. The lowest BCUT2D eigenvalue weighted by atomic mass is 9.89. The maximum absolute atomic E-state index is 13.1. The molecule has 0 saturated heterocycles. The van der Waals surface area contributed by atoms with Crippen molar-refractivity contribution in [2.45, 2.75) is 45.0 Å². The third kappa shape index (κ3) is 4.47. The molecule has 0 saturated carbocycles. The van der Waals surface area contributed by atoms with Crippen molar-refractivity contribution in [1.29, 1.82) is 0 Å². The highest BCUT2D eigenvalue weighted by Gasteiger charge is 2.40. The van der Waals surface area contributed by atoms with E-state index in [1.54, 1.807) is 20.8 Å². The quantitative estimate of drug-likeness (QED) is 0.866. The number of alkyl carbamates (subject to hydrolysis) is 1. The van der Waals surface area contributed by atoms with Crippen LogP contribution in [-0.2, 0) is 21.2 Å². The standard InChI is InChI=1S/C15H18F3NO3/c1-13(2,3)22-12(21)19-14(4,9-20)10-7-5-6-8-11(10)15(16,17)18/h5-9H,1-4H3,(H,19,21). The highest BCUT2D eigenvalue weighted by Crippen LogP contribution is 2.36. The van der Waals surface area contributed by atoms with Crippen molar-refractivity contribution in [3.05, 3.63) is 35.4 Å². The molecule has 1 rings (SSSR count). The van der Waals surface area contributed by atoms with Gasteiger partial charge in [0.2, 0.25) is 0 Å². The van der Waals surface area contributed by atoms with E-state index in [1.807, 2.05) is 0 Å². The molecule has 0 aromatic heterocycles. The summed E-state index contributed by atoms with van der Waals surface area (Å²) < 4.78 is 44.2. The number of carbonyl (C=O) groups is 2. The van der Waals surface area contributed by atoms with Crippen LogP contribution in [0.25, 0.3) is 0 Å². The van der Waals surface area contributed by atoms with Crippen LogP contribution in [0, 0.1) is 0 Å². The third-order valence-corrected chi connectivity index (χ3v) is 2.79. The molecule has 0 fully saturated rings. The van der Waals surface area contributed by atoms with Gasteiger partial charge in [0.05, 0.1) is 5.56 Å². The topological polar surface area (TPSA) is 55.4 Å². The molecule has 4 nitrogen and oxygen atoms in total. The summed E-state index contributed by atoms with van der Waals surface area (Å²) in [5.41, 5.74) is -4.02. The minimum Gasteiger partial charge on any atom is -0.444 e. The van der Waals surface area contributed by atoms with Gasteiger partial charge in [-0.2, -0.15) is 13.2 Å². The highest BCUT2D eigenvalue weighted by molar-refractivity contribution is 5.78. The summed E-state index contributed by atoms with van der Waals surface area (Å²) in [5.74, 6) is 0. The van der Waals surface area contributed by atoms with Crippen LogP contribution in [0.4, 0.5) is 18.0 Å². The summed E-state index contributed by atoms with van der Waals surface area (Å²) in [7, 11) is 0. The molecule has 22 heavy (non-hydrogen) atoms. The van der Waals surface area contributed by atoms with Crippen molar-refractivity contribution >= 4 is 12.4 Å². The van der Waals surface area contributed by atoms with Crippen molar-refractivity contribution in [2.24, 2.45) is 0 Å². The van der Waals surface area contributed by atoms with Gasteiger partial charge in [0.15, 0.2) is 0 Å². The largest absolute Gasteiger partial charge is 0.444 e. The van der Waals surface area contributed by atoms with Crippen LogP contribution in [0.15, 0.2) is 24.3 Å². The lowest BCUT2D eigenvalue weighted by Gasteiger charge is -2.29. The van der Waals surface area contributed by atoms with Gasteiger partial charge in [0, 0.05) is 0 Å². The fraction of sp³-hybridized carbons (Fsp3) is 0.467. The number of amides is 1. The van der Waals surface area contributed by atoms with Gasteiger partial charge in [0.1, 0.15) is 17.4 Å². The number of hydrogen-bond acceptors (Lipinski definition) is 3. The normalized spacial score (nSPS) is 14.9. The summed E-state index contributed by atoms with van der Waals surface area (Å²) in [5, 5.41) is 2.20. The van der Waals surface area contributed by atoms with Gasteiger partial charge in [-0.25, -0.2) is 4.79 Å². The Labute approximate surface area is 126 Å². The minimum absolute atomic E-state index is 0.251. The smallest absolute Gasteiger partial charge is 0.416 e. The summed E-state index contributed by atoms with van der Waals surface area (Å²) >= 11 is 0. The average molecular weight is 317 g/mol. The second-order valence-electron chi connectivity index (χ2n) is 5.99. The van der Waals surface area contributed by atoms with Crippen molar-refractivity contribution in [3.8, 4) is 0 Å². The van der Waals surface area contributed by atoms with E-state index in [2.05, 4.69) is 5.32 Å². The first kappa shape index (κ1) is 18.0. The number of ether oxygens (including phenoxy) is 1. The number of halogens is 3. The first-order valence-corrected chi connectivity index (χ1v) is 6.53. The Morgan fingerprint density at radius 2 is 1.59 bits per heavy atom. The lowest BCUT2D eigenvalue weighted by Crippen LogP contribution is -2.47. The molecule has 1 amide bonds. The predicted octanol–water partition coefficient (Wildman–Crippen LogP) is 3.64. The molecular formula is C15H18F3NO3. The molecule has 0 heterocycles. The summed E-state index contributed by atoms with van der Waals surface area (Å²) in [4.78, 5) is 23.2. The molecule has 1 unspecified atom stereocenters. The van der Waals surface area contributed by atoms with Crippen LogP contribution < -0.4 is 5.32 Å². The molecule has 1 aromatic carbocycles. The average Bonchev–Trinajstić information content (AvgIpc) is 2.35. The summed E-state index contributed by atoms with van der Waals surface area (Å²) in [6, 6.07) is 4.58. The van der Waals surface area contributed by atoms with Crippen LogP contribution in [-0.4, -0.2) is 18.0 Å². The Kier molecular flexibility index (Phi) is 4.89. The van der Waals surface area contributed by atoms with E-state index >= 15 is 0 Å². The minimum atomic E-state index is -4.64. The van der Waals surface area contributed by atoms with E-state index in [-0.39, 0.29) is 11.8 Å². The van der Waals surface area contributed by atoms with Gasteiger partial charge in [-0.05, 0) is 39.3 Å². The van der Waals surface area contributed by atoms with E-state index in [1.165, 1.54) is 19.1 Å². The monoisotopic (exact) mass is 317 g/mol. The van der Waals surface area contributed by atoms with E-state index in [9.17, 15) is 22.8 Å². The van der Waals surface area contributed by atoms with E-state index in [0.29, 0.717) is 0 Å². The molecule has 7 heteroatoms. The molecule has 1 N–H and O–H groups in total. The molecular weight excluding hydrogens is 299 g/mol. The predicted molar refractivity (Wildman–Crippen MR) is 74.2 cm³/mol. The fourth-order valence-electron chi connectivity index (χ4n) is 1.86. The summed E-state index contributed by atoms with van der Waals surface area (Å²) in [6.45, 7) is 6.01. The zero-order valence-electron chi connectivity index (χ0n) is 12.7. The third-order valence-electron chi connectivity index (χ3n) is 2.79. The molecule has 0 aliphatic carbocycles. The zero-order chi connectivity index (χ0) is 17.2. The Morgan fingerprint density at radius 1 is 1.09 bits per heavy atom. The molecule has 0 radical (unpaired) electrons. The van der Waals surface area contributed by atoms with Crippen LogP contribution in [0.3, 0.4) is 0 Å². The maximum atomic E-state index is 13.1. The van der Waals surface area contributed by atoms with Crippen molar-refractivity contribution in [3.63, 3.8) is 0 Å². The fourth-order valence-corrected chi connectivity index (χ4v) is 1.86. The van der Waals surface area contributed by atoms with Gasteiger partial charge in [-0.3, -0.25) is 0 Å². The van der Waals surface area contributed by atoms with E-state index in [0.717, 1.165) is 12.1 Å². The molecule has 122 valence electrons. The number of rotatable bonds is 3. The number of aldehydes is 1. The van der Waals surface area contributed by atoms with Crippen LogP contribution in [0.5, 0.6) is 0 Å². The molecule has 1 aromatic rings. The SMILES string of the molecule is CC(C)(C)OC(=O)NC(C)(C=O)c1ccccc1C(F)(F)F. The van der Waals surface area contributed by atoms with E-state index in [4.69, 9.17) is 4.74 Å². The second kappa shape index (κ2) is 5.98. The molecule has 1 atom stereocenters. The Balaban J connectivity index is 3.20. The van der Waals surface area contributed by atoms with Crippen molar-refractivity contribution in [2.75, 3.05) is 0 Å². The second-order valence-corrected chi connectivity index (χ2v) is 5.99. The highest BCUT2D eigenvalue weighted by atomic mass is 19.4. The van der Waals surface area contributed by atoms with E-state index < -0.39 is 29.0 Å². The number of carbonyl (C=O) groups excluding carboxylic acids is 2. The number of alkyl halides is 3. The molecule has 0 bridgehead atoms. The maximum Gasteiger partial charge on any atom is 0.416 e. The first-order chi connectivity index (χ1) is 9.89. The number of hydrogen-bond donors (Lipinski definition) is 1. The van der Waals surface area contributed by atoms with Gasteiger partial charge < -0.3 is 14.8 Å². The summed E-state index contributed by atoms with van der Waals surface area (Å²) in [6.07, 6.45) is -5.36. The van der Waals surface area contributed by atoms with Crippen LogP contribution in [0.1, 0.15) is 38.8 Å². The Bertz CT molecular complexity index is 564. The van der Waals surface area contributed by atoms with Crippen molar-refractivity contribution < 1.29 is 27.5 Å². The number of benzene rings is 1. The first-order valence-electron chi connectivity index (χ1n) is 6.53. The Morgan fingerprint density at radius 3 is 2.00 bits per heavy atom. The van der Waals surface area contributed by atoms with Gasteiger partial charge in [0.25, 0.3) is 0 Å². The number of nitrogens with one attached hydrogen (secondary N) is 1. The van der Waals surface area contributed by atoms with Crippen molar-refractivity contribution in [1.82, 2.24) is 5.32 Å². The van der Waals surface area contributed by atoms with Gasteiger partial charge >= 0.3 is 12.3 Å². The van der Waals surface area contributed by atoms with Crippen LogP contribution >= 0.6 is 0 Å². The Hall–Kier alpha value is -2.05. The van der Waals surface area contributed by atoms with Gasteiger partial charge in [-0.1, -0.05) is 18.2 Å². The zero-order valence-corrected chi connectivity index (χ0v) is 12.7. The molecule has 0 spiro atoms. The lowest BCUT2D eigenvalue weighted by molar-refractivity contribution is -0.139. The van der Waals surface area contributed by atoms with Crippen LogP contribution in [0.2, 0.25) is 0 Å². The molecule has 0 aliphatic rings.